The molecule has 0 spiro atoms. The fourth-order valence-corrected chi connectivity index (χ4v) is 4.82. The Morgan fingerprint density at radius 2 is 1.74 bits per heavy atom. The molecule has 0 N–H and O–H groups in total. The Labute approximate surface area is 221 Å². The first kappa shape index (κ1) is 24.8. The molecule has 38 heavy (non-hydrogen) atoms. The van der Waals surface area contributed by atoms with E-state index in [9.17, 15) is 14.9 Å². The smallest absolute Gasteiger partial charge is 0.283 e. The van der Waals surface area contributed by atoms with Gasteiger partial charge in [-0.25, -0.2) is 14.4 Å². The summed E-state index contributed by atoms with van der Waals surface area (Å²) in [7, 11) is 1.82. The summed E-state index contributed by atoms with van der Waals surface area (Å²) < 4.78 is 4.99. The van der Waals surface area contributed by atoms with Crippen molar-refractivity contribution in [3.63, 3.8) is 0 Å². The van der Waals surface area contributed by atoms with E-state index in [2.05, 4.69) is 4.98 Å². The maximum Gasteiger partial charge on any atom is 0.297 e. The molecule has 0 atom stereocenters. The lowest BCUT2D eigenvalue weighted by Crippen LogP contribution is -2.20. The van der Waals surface area contributed by atoms with Crippen molar-refractivity contribution in [3.8, 4) is 16.9 Å². The standard InChI is InChI=1S/C27H23N7O3S/c1-18(23-11-7-8-16-28-23)30-32-24(20-12-14-22(15-13-20)34(36)37)17-38-27(32)29-25-19(2)31(3)33(26(25)35)21-9-5-4-6-10-21/h4-17H,1-3H3. The van der Waals surface area contributed by atoms with Crippen molar-refractivity contribution in [2.75, 3.05) is 0 Å². The lowest BCUT2D eigenvalue weighted by Gasteiger charge is -2.07. The first-order chi connectivity index (χ1) is 18.3. The molecule has 0 bridgehead atoms. The van der Waals surface area contributed by atoms with Crippen LogP contribution >= 0.6 is 11.3 Å². The number of nitro groups is 1. The van der Waals surface area contributed by atoms with Crippen LogP contribution in [0, 0.1) is 17.0 Å². The van der Waals surface area contributed by atoms with Crippen LogP contribution in [-0.2, 0) is 7.05 Å². The zero-order chi connectivity index (χ0) is 26.8. The third kappa shape index (κ3) is 4.62. The normalized spacial score (nSPS) is 12.2. The van der Waals surface area contributed by atoms with E-state index in [1.165, 1.54) is 23.5 Å². The van der Waals surface area contributed by atoms with Crippen LogP contribution in [0.2, 0.25) is 0 Å². The molecule has 0 unspecified atom stereocenters. The quantitative estimate of drug-likeness (QED) is 0.180. The molecule has 0 saturated carbocycles. The highest BCUT2D eigenvalue weighted by atomic mass is 32.1. The number of pyridine rings is 1. The third-order valence-electron chi connectivity index (χ3n) is 6.08. The van der Waals surface area contributed by atoms with Crippen molar-refractivity contribution >= 4 is 28.4 Å². The number of nitrogens with zero attached hydrogens (tertiary/aromatic N) is 7. The number of para-hydroxylation sites is 1. The van der Waals surface area contributed by atoms with Crippen molar-refractivity contribution < 1.29 is 4.92 Å². The number of non-ortho nitro benzene ring substituents is 1. The molecule has 190 valence electrons. The molecule has 5 rings (SSSR count). The predicted molar refractivity (Wildman–Crippen MR) is 147 cm³/mol. The Morgan fingerprint density at radius 1 is 1.03 bits per heavy atom. The van der Waals surface area contributed by atoms with Gasteiger partial charge in [0.1, 0.15) is 0 Å². The summed E-state index contributed by atoms with van der Waals surface area (Å²) in [5.41, 5.74) is 4.20. The van der Waals surface area contributed by atoms with Gasteiger partial charge in [-0.15, -0.1) is 11.3 Å². The summed E-state index contributed by atoms with van der Waals surface area (Å²) >= 11 is 1.32. The largest absolute Gasteiger partial charge is 0.297 e. The Hall–Kier alpha value is -4.90. The van der Waals surface area contributed by atoms with Crippen LogP contribution < -0.4 is 10.4 Å². The van der Waals surface area contributed by atoms with Gasteiger partial charge in [-0.2, -0.15) is 5.10 Å². The zero-order valence-electron chi connectivity index (χ0n) is 20.8. The summed E-state index contributed by atoms with van der Waals surface area (Å²) in [6.07, 6.45) is 1.69. The molecular weight excluding hydrogens is 502 g/mol. The number of rotatable bonds is 6. The van der Waals surface area contributed by atoms with Crippen molar-refractivity contribution in [3.05, 3.63) is 121 Å². The van der Waals surface area contributed by atoms with Gasteiger partial charge in [0.05, 0.1) is 33.4 Å². The maximum atomic E-state index is 13.5. The second-order valence-electron chi connectivity index (χ2n) is 8.44. The first-order valence-electron chi connectivity index (χ1n) is 11.7. The second-order valence-corrected chi connectivity index (χ2v) is 9.28. The lowest BCUT2D eigenvalue weighted by molar-refractivity contribution is -0.384. The lowest BCUT2D eigenvalue weighted by atomic mass is 10.1. The highest BCUT2D eigenvalue weighted by molar-refractivity contribution is 7.07. The highest BCUT2D eigenvalue weighted by Gasteiger charge is 2.17. The van der Waals surface area contributed by atoms with Crippen molar-refractivity contribution in [2.24, 2.45) is 17.1 Å². The number of benzene rings is 2. The Bertz CT molecular complexity index is 1780. The molecule has 0 saturated heterocycles. The predicted octanol–water partition coefficient (Wildman–Crippen LogP) is 4.82. The molecule has 5 aromatic rings. The van der Waals surface area contributed by atoms with Crippen LogP contribution in [0.4, 0.5) is 11.4 Å². The SMILES string of the molecule is CC(=Nn1c(-c2ccc([N+](=O)[O-])cc2)csc1=Nc1c(C)n(C)n(-c2ccccc2)c1=O)c1ccccn1. The van der Waals surface area contributed by atoms with Gasteiger partial charge in [-0.3, -0.25) is 24.6 Å². The molecule has 3 heterocycles. The van der Waals surface area contributed by atoms with E-state index in [1.807, 2.05) is 74.8 Å². The van der Waals surface area contributed by atoms with E-state index in [1.54, 1.807) is 32.4 Å². The van der Waals surface area contributed by atoms with Gasteiger partial charge in [0, 0.05) is 36.3 Å². The van der Waals surface area contributed by atoms with E-state index in [0.29, 0.717) is 33.3 Å². The molecule has 11 heteroatoms. The molecule has 0 amide bonds. The summed E-state index contributed by atoms with van der Waals surface area (Å²) in [4.78, 5) is 33.8. The second kappa shape index (κ2) is 10.2. The van der Waals surface area contributed by atoms with Gasteiger partial charge in [-0.05, 0) is 50.2 Å². The number of hydrogen-bond donors (Lipinski definition) is 0. The number of thiazole rings is 1. The van der Waals surface area contributed by atoms with Crippen LogP contribution in [0.25, 0.3) is 16.9 Å². The van der Waals surface area contributed by atoms with Crippen LogP contribution in [0.15, 0.2) is 99.3 Å². The van der Waals surface area contributed by atoms with Gasteiger partial charge in [0.15, 0.2) is 5.69 Å². The van der Waals surface area contributed by atoms with E-state index in [4.69, 9.17) is 10.1 Å². The molecule has 10 nitrogen and oxygen atoms in total. The Morgan fingerprint density at radius 3 is 2.39 bits per heavy atom. The van der Waals surface area contributed by atoms with Crippen LogP contribution in [0.3, 0.4) is 0 Å². The summed E-state index contributed by atoms with van der Waals surface area (Å²) in [5, 5.41) is 17.8. The summed E-state index contributed by atoms with van der Waals surface area (Å²) in [6, 6.07) is 21.2. The van der Waals surface area contributed by atoms with Crippen molar-refractivity contribution in [1.82, 2.24) is 19.0 Å². The van der Waals surface area contributed by atoms with Gasteiger partial charge >= 0.3 is 0 Å². The molecule has 2 aromatic carbocycles. The van der Waals surface area contributed by atoms with Crippen LogP contribution in [-0.4, -0.2) is 29.7 Å². The fraction of sp³-hybridized carbons (Fsp3) is 0.111. The topological polar surface area (TPSA) is 113 Å². The molecule has 0 aliphatic heterocycles. The molecule has 3 aromatic heterocycles. The molecule has 0 fully saturated rings. The van der Waals surface area contributed by atoms with Gasteiger partial charge in [0.2, 0.25) is 4.80 Å². The van der Waals surface area contributed by atoms with Crippen LogP contribution in [0.5, 0.6) is 0 Å². The molecular formula is C27H23N7O3S. The van der Waals surface area contributed by atoms with Gasteiger partial charge < -0.3 is 0 Å². The monoisotopic (exact) mass is 525 g/mol. The van der Waals surface area contributed by atoms with Gasteiger partial charge in [0.25, 0.3) is 11.2 Å². The van der Waals surface area contributed by atoms with Gasteiger partial charge in [-0.1, -0.05) is 24.3 Å². The fourth-order valence-electron chi connectivity index (χ4n) is 3.98. The summed E-state index contributed by atoms with van der Waals surface area (Å²) in [5.74, 6) is 0. The van der Waals surface area contributed by atoms with Crippen molar-refractivity contribution in [1.29, 1.82) is 0 Å². The first-order valence-corrected chi connectivity index (χ1v) is 12.5. The van der Waals surface area contributed by atoms with E-state index >= 15 is 0 Å². The molecule has 0 aliphatic rings. The Kier molecular flexibility index (Phi) is 6.67. The minimum atomic E-state index is -0.439. The third-order valence-corrected chi connectivity index (χ3v) is 6.89. The van der Waals surface area contributed by atoms with E-state index in [-0.39, 0.29) is 11.2 Å². The Balaban J connectivity index is 1.72. The number of hydrogen-bond acceptors (Lipinski definition) is 7. The van der Waals surface area contributed by atoms with E-state index in [0.717, 1.165) is 11.3 Å². The number of nitro benzene ring substituents is 1. The maximum absolute atomic E-state index is 13.5. The average molecular weight is 526 g/mol. The minimum absolute atomic E-state index is 0.00465. The average Bonchev–Trinajstić information content (AvgIpc) is 3.42. The number of aromatic nitrogens is 4. The molecule has 0 aliphatic carbocycles. The summed E-state index contributed by atoms with van der Waals surface area (Å²) in [6.45, 7) is 3.68. The van der Waals surface area contributed by atoms with E-state index < -0.39 is 4.92 Å². The zero-order valence-corrected chi connectivity index (χ0v) is 21.7. The van der Waals surface area contributed by atoms with Crippen molar-refractivity contribution in [2.45, 2.75) is 13.8 Å². The highest BCUT2D eigenvalue weighted by Crippen LogP contribution is 2.24. The minimum Gasteiger partial charge on any atom is -0.283 e. The molecule has 0 radical (unpaired) electrons. The van der Waals surface area contributed by atoms with Crippen LogP contribution in [0.1, 0.15) is 18.3 Å².